The number of rotatable bonds is 1. The zero-order chi connectivity index (χ0) is 9.35. The first kappa shape index (κ1) is 8.92. The molecule has 66 valence electrons. The molecule has 1 rings (SSSR count). The van der Waals surface area contributed by atoms with Gasteiger partial charge in [-0.25, -0.2) is 9.36 Å². The second kappa shape index (κ2) is 2.71. The molecule has 0 aromatic carbocycles. The lowest BCUT2D eigenvalue weighted by molar-refractivity contribution is 0.357. The molecule has 0 aliphatic heterocycles. The van der Waals surface area contributed by atoms with Crippen molar-refractivity contribution in [2.45, 2.75) is 0 Å². The molecule has 1 heterocycles. The molecule has 0 saturated carbocycles. The molecule has 0 aliphatic carbocycles. The summed E-state index contributed by atoms with van der Waals surface area (Å²) in [5, 5.41) is 0. The Morgan fingerprint density at radius 3 is 2.33 bits per heavy atom. The number of aromatic nitrogens is 2. The second-order valence-corrected chi connectivity index (χ2v) is 3.37. The van der Waals surface area contributed by atoms with Gasteiger partial charge in [-0.15, -0.1) is 0 Å². The van der Waals surface area contributed by atoms with Gasteiger partial charge in [-0.3, -0.25) is 4.79 Å². The summed E-state index contributed by atoms with van der Waals surface area (Å²) in [6, 6.07) is 0.848. The Hall–Kier alpha value is -1.17. The van der Waals surface area contributed by atoms with Crippen molar-refractivity contribution in [3.05, 3.63) is 33.1 Å². The fourth-order valence-corrected chi connectivity index (χ4v) is 1.28. The molecule has 0 saturated heterocycles. The molecule has 0 aliphatic rings. The average molecular weight is 192 g/mol. The van der Waals surface area contributed by atoms with Gasteiger partial charge in [0.1, 0.15) is 0 Å². The highest BCUT2D eigenvalue weighted by Gasteiger charge is 2.20. The maximum absolute atomic E-state index is 10.7. The quantitative estimate of drug-likeness (QED) is 0.467. The minimum Gasteiger partial charge on any atom is -0.314 e. The molecule has 0 amide bonds. The summed E-state index contributed by atoms with van der Waals surface area (Å²) in [4.78, 5) is 40.4. The normalized spacial score (nSPS) is 11.5. The highest BCUT2D eigenvalue weighted by atomic mass is 31.2. The Morgan fingerprint density at radius 1 is 1.42 bits per heavy atom. The Bertz CT molecular complexity index is 411. The molecule has 12 heavy (non-hydrogen) atoms. The fourth-order valence-electron chi connectivity index (χ4n) is 0.663. The van der Waals surface area contributed by atoms with Gasteiger partial charge in [0.25, 0.3) is 5.56 Å². The molecular formula is C4H5N2O5P. The van der Waals surface area contributed by atoms with Gasteiger partial charge in [0.2, 0.25) is 0 Å². The van der Waals surface area contributed by atoms with Crippen LogP contribution in [0.2, 0.25) is 0 Å². The van der Waals surface area contributed by atoms with Crippen LogP contribution in [0.1, 0.15) is 0 Å². The summed E-state index contributed by atoms with van der Waals surface area (Å²) < 4.78 is 10.4. The lowest BCUT2D eigenvalue weighted by Gasteiger charge is -2.03. The van der Waals surface area contributed by atoms with Crippen molar-refractivity contribution in [2.75, 3.05) is 0 Å². The van der Waals surface area contributed by atoms with E-state index >= 15 is 0 Å². The third kappa shape index (κ3) is 1.53. The van der Waals surface area contributed by atoms with E-state index in [1.807, 2.05) is 4.98 Å². The van der Waals surface area contributed by atoms with E-state index in [1.165, 1.54) is 0 Å². The largest absolute Gasteiger partial charge is 0.440 e. The van der Waals surface area contributed by atoms with Gasteiger partial charge in [0.05, 0.1) is 0 Å². The van der Waals surface area contributed by atoms with Gasteiger partial charge in [-0.05, 0) is 0 Å². The lowest BCUT2D eigenvalue weighted by atomic mass is 10.7. The SMILES string of the molecule is O=c1cc[nH]c(=O)n1P(=O)(O)O. The lowest BCUT2D eigenvalue weighted by Crippen LogP contribution is -2.32. The molecule has 3 N–H and O–H groups in total. The van der Waals surface area contributed by atoms with Crippen LogP contribution in [0.15, 0.2) is 21.9 Å². The Morgan fingerprint density at radius 2 is 2.00 bits per heavy atom. The minimum atomic E-state index is -4.83. The van der Waals surface area contributed by atoms with Gasteiger partial charge in [-0.2, -0.15) is 4.34 Å². The minimum absolute atomic E-state index is 0.146. The van der Waals surface area contributed by atoms with Crippen molar-refractivity contribution >= 4 is 7.75 Å². The van der Waals surface area contributed by atoms with E-state index in [2.05, 4.69) is 0 Å². The summed E-state index contributed by atoms with van der Waals surface area (Å²) in [5.74, 6) is 0. The van der Waals surface area contributed by atoms with E-state index in [0.29, 0.717) is 0 Å². The third-order valence-corrected chi connectivity index (χ3v) is 1.99. The van der Waals surface area contributed by atoms with Crippen LogP contribution in [-0.2, 0) is 4.57 Å². The van der Waals surface area contributed by atoms with E-state index in [0.717, 1.165) is 12.3 Å². The van der Waals surface area contributed by atoms with E-state index in [-0.39, 0.29) is 4.34 Å². The van der Waals surface area contributed by atoms with Crippen LogP contribution in [0, 0.1) is 0 Å². The van der Waals surface area contributed by atoms with E-state index in [1.54, 1.807) is 0 Å². The Balaban J connectivity index is 3.65. The van der Waals surface area contributed by atoms with E-state index in [4.69, 9.17) is 9.79 Å². The zero-order valence-corrected chi connectivity index (χ0v) is 6.56. The second-order valence-electron chi connectivity index (χ2n) is 1.95. The van der Waals surface area contributed by atoms with Crippen molar-refractivity contribution in [3.8, 4) is 0 Å². The maximum atomic E-state index is 10.7. The molecule has 0 fully saturated rings. The molecular weight excluding hydrogens is 187 g/mol. The van der Waals surface area contributed by atoms with Gasteiger partial charge in [0, 0.05) is 12.3 Å². The molecule has 0 radical (unpaired) electrons. The van der Waals surface area contributed by atoms with E-state index < -0.39 is 19.0 Å². The number of nitrogens with zero attached hydrogens (tertiary/aromatic N) is 1. The third-order valence-electron chi connectivity index (χ3n) is 1.09. The van der Waals surface area contributed by atoms with Crippen LogP contribution in [0.25, 0.3) is 0 Å². The summed E-state index contributed by atoms with van der Waals surface area (Å²) in [5.41, 5.74) is -2.16. The van der Waals surface area contributed by atoms with Crippen LogP contribution >= 0.6 is 7.75 Å². The number of aromatic amines is 1. The molecule has 8 heteroatoms. The van der Waals surface area contributed by atoms with Crippen LogP contribution in [0.5, 0.6) is 0 Å². The van der Waals surface area contributed by atoms with Crippen molar-refractivity contribution < 1.29 is 14.4 Å². The average Bonchev–Trinajstić information content (AvgIpc) is 1.82. The van der Waals surface area contributed by atoms with Crippen LogP contribution in [0.3, 0.4) is 0 Å². The predicted molar refractivity (Wildman–Crippen MR) is 38.8 cm³/mol. The Labute approximate surface area is 65.5 Å². The predicted octanol–water partition coefficient (Wildman–Crippen LogP) is -1.52. The van der Waals surface area contributed by atoms with Crippen molar-refractivity contribution in [1.29, 1.82) is 0 Å². The topological polar surface area (TPSA) is 112 Å². The first-order valence-electron chi connectivity index (χ1n) is 2.80. The van der Waals surface area contributed by atoms with Crippen molar-refractivity contribution in [1.82, 2.24) is 9.32 Å². The smallest absolute Gasteiger partial charge is 0.314 e. The monoisotopic (exact) mass is 192 g/mol. The molecule has 0 unspecified atom stereocenters. The molecule has 7 nitrogen and oxygen atoms in total. The van der Waals surface area contributed by atoms with Gasteiger partial charge in [0.15, 0.2) is 0 Å². The van der Waals surface area contributed by atoms with Crippen LogP contribution in [-0.4, -0.2) is 19.1 Å². The maximum Gasteiger partial charge on any atom is 0.440 e. The molecule has 0 bridgehead atoms. The summed E-state index contributed by atoms with van der Waals surface area (Å²) in [6.45, 7) is 0. The van der Waals surface area contributed by atoms with Crippen molar-refractivity contribution in [3.63, 3.8) is 0 Å². The first-order chi connectivity index (χ1) is 5.43. The number of hydrogen-bond acceptors (Lipinski definition) is 3. The van der Waals surface area contributed by atoms with Gasteiger partial charge < -0.3 is 14.8 Å². The fraction of sp³-hybridized carbons (Fsp3) is 0. The van der Waals surface area contributed by atoms with Crippen LogP contribution < -0.4 is 11.2 Å². The standard InChI is InChI=1S/C4H5N2O5P/c7-3-1-2-5-4(8)6(3)12(9,10)11/h1-2H,(H,5,8)(H2,9,10,11). The summed E-state index contributed by atoms with van der Waals surface area (Å²) in [6.07, 6.45) is 1.01. The zero-order valence-electron chi connectivity index (χ0n) is 5.67. The van der Waals surface area contributed by atoms with Crippen molar-refractivity contribution in [2.24, 2.45) is 0 Å². The molecule has 0 spiro atoms. The van der Waals surface area contributed by atoms with E-state index in [9.17, 15) is 14.2 Å². The number of hydrogen-bond donors (Lipinski definition) is 3. The molecule has 1 aromatic heterocycles. The highest BCUT2D eigenvalue weighted by Crippen LogP contribution is 2.31. The highest BCUT2D eigenvalue weighted by molar-refractivity contribution is 7.50. The number of nitrogens with one attached hydrogen (secondary N) is 1. The summed E-state index contributed by atoms with van der Waals surface area (Å²) in [7, 11) is -4.83. The van der Waals surface area contributed by atoms with Gasteiger partial charge in [-0.1, -0.05) is 0 Å². The first-order valence-corrected chi connectivity index (χ1v) is 4.36. The van der Waals surface area contributed by atoms with Gasteiger partial charge >= 0.3 is 13.4 Å². The molecule has 1 aromatic rings. The summed E-state index contributed by atoms with van der Waals surface area (Å²) >= 11 is 0. The number of H-pyrrole nitrogens is 1. The molecule has 0 atom stereocenters. The Kier molecular flexibility index (Phi) is 2.01. The van der Waals surface area contributed by atoms with Crippen LogP contribution in [0.4, 0.5) is 0 Å².